The van der Waals surface area contributed by atoms with Crippen LogP contribution in [0.15, 0.2) is 29.3 Å². The fraction of sp³-hybridized carbons (Fsp3) is 0.696. The number of likely N-dealkylation sites (tertiary alicyclic amines) is 2. The molecule has 0 bridgehead atoms. The van der Waals surface area contributed by atoms with Crippen LogP contribution in [0.4, 0.5) is 0 Å². The van der Waals surface area contributed by atoms with Gasteiger partial charge in [-0.05, 0) is 69.4 Å². The molecule has 2 aliphatic heterocycles. The van der Waals surface area contributed by atoms with Crippen molar-refractivity contribution in [2.75, 3.05) is 53.4 Å². The number of guanidine groups is 1. The highest BCUT2D eigenvalue weighted by Gasteiger charge is 2.25. The van der Waals surface area contributed by atoms with E-state index in [9.17, 15) is 0 Å². The Kier molecular flexibility index (Phi) is 8.62. The molecule has 29 heavy (non-hydrogen) atoms. The first-order valence-corrected chi connectivity index (χ1v) is 11.3. The topological polar surface area (TPSA) is 52.1 Å². The van der Waals surface area contributed by atoms with Gasteiger partial charge in [0.25, 0.3) is 0 Å². The maximum atomic E-state index is 5.46. The predicted octanol–water partition coefficient (Wildman–Crippen LogP) is 2.87. The molecule has 6 nitrogen and oxygen atoms in total. The molecule has 1 aromatic rings. The minimum Gasteiger partial charge on any atom is -0.497 e. The van der Waals surface area contributed by atoms with Crippen molar-refractivity contribution in [3.63, 3.8) is 0 Å². The van der Waals surface area contributed by atoms with Gasteiger partial charge in [0.15, 0.2) is 5.96 Å². The molecule has 2 saturated heterocycles. The quantitative estimate of drug-likeness (QED) is 0.518. The van der Waals surface area contributed by atoms with E-state index in [1.807, 2.05) is 13.1 Å². The highest BCUT2D eigenvalue weighted by atomic mass is 16.5. The van der Waals surface area contributed by atoms with Crippen LogP contribution in [0.3, 0.4) is 0 Å². The van der Waals surface area contributed by atoms with E-state index in [0.717, 1.165) is 31.3 Å². The third-order valence-electron chi connectivity index (χ3n) is 6.21. The lowest BCUT2D eigenvalue weighted by Gasteiger charge is -2.33. The molecule has 0 radical (unpaired) electrons. The Bertz CT molecular complexity index is 636. The van der Waals surface area contributed by atoms with Crippen molar-refractivity contribution in [2.24, 2.45) is 4.99 Å². The summed E-state index contributed by atoms with van der Waals surface area (Å²) in [5.74, 6) is 1.85. The van der Waals surface area contributed by atoms with E-state index in [0.29, 0.717) is 12.1 Å². The summed E-state index contributed by atoms with van der Waals surface area (Å²) >= 11 is 0. The monoisotopic (exact) mass is 401 g/mol. The largest absolute Gasteiger partial charge is 0.497 e. The molecule has 1 aromatic carbocycles. The van der Waals surface area contributed by atoms with Gasteiger partial charge in [-0.15, -0.1) is 0 Å². The molecule has 2 fully saturated rings. The van der Waals surface area contributed by atoms with Gasteiger partial charge in [-0.3, -0.25) is 9.89 Å². The highest BCUT2D eigenvalue weighted by Crippen LogP contribution is 2.27. The first kappa shape index (κ1) is 21.9. The summed E-state index contributed by atoms with van der Waals surface area (Å²) in [6, 6.07) is 9.34. The van der Waals surface area contributed by atoms with Crippen LogP contribution in [0.5, 0.6) is 5.75 Å². The van der Waals surface area contributed by atoms with E-state index in [2.05, 4.69) is 50.5 Å². The average Bonchev–Trinajstić information content (AvgIpc) is 3.29. The minimum absolute atomic E-state index is 0.331. The molecule has 6 heteroatoms. The number of ether oxygens (including phenoxy) is 1. The van der Waals surface area contributed by atoms with E-state index in [1.54, 1.807) is 7.11 Å². The molecule has 2 aliphatic rings. The van der Waals surface area contributed by atoms with Crippen molar-refractivity contribution < 1.29 is 4.74 Å². The summed E-state index contributed by atoms with van der Waals surface area (Å²) in [5, 5.41) is 7.27. The van der Waals surface area contributed by atoms with Crippen LogP contribution in [0, 0.1) is 0 Å². The molecular weight excluding hydrogens is 362 g/mol. The second-order valence-corrected chi connectivity index (χ2v) is 8.25. The van der Waals surface area contributed by atoms with Crippen LogP contribution >= 0.6 is 0 Å². The van der Waals surface area contributed by atoms with Gasteiger partial charge in [0.1, 0.15) is 5.75 Å². The second kappa shape index (κ2) is 11.4. The Hall–Kier alpha value is -1.79. The zero-order chi connectivity index (χ0) is 20.5. The first-order valence-electron chi connectivity index (χ1n) is 11.3. The molecule has 2 heterocycles. The molecule has 0 aliphatic carbocycles. The van der Waals surface area contributed by atoms with E-state index in [1.165, 1.54) is 57.3 Å². The van der Waals surface area contributed by atoms with E-state index in [-0.39, 0.29) is 0 Å². The fourth-order valence-electron chi connectivity index (χ4n) is 4.56. The molecule has 1 atom stereocenters. The van der Waals surface area contributed by atoms with Crippen molar-refractivity contribution in [3.8, 4) is 5.75 Å². The minimum atomic E-state index is 0.331. The summed E-state index contributed by atoms with van der Waals surface area (Å²) in [7, 11) is 3.61. The van der Waals surface area contributed by atoms with Gasteiger partial charge in [0, 0.05) is 32.7 Å². The van der Waals surface area contributed by atoms with Gasteiger partial charge >= 0.3 is 0 Å². The van der Waals surface area contributed by atoms with Gasteiger partial charge in [0.05, 0.1) is 13.2 Å². The molecule has 1 unspecified atom stereocenters. The summed E-state index contributed by atoms with van der Waals surface area (Å²) in [4.78, 5) is 9.65. The van der Waals surface area contributed by atoms with Crippen LogP contribution in [-0.4, -0.2) is 75.2 Å². The average molecular weight is 402 g/mol. The zero-order valence-corrected chi connectivity index (χ0v) is 18.5. The Balaban J connectivity index is 1.57. The number of rotatable bonds is 8. The third-order valence-corrected chi connectivity index (χ3v) is 6.21. The van der Waals surface area contributed by atoms with Crippen LogP contribution in [0.25, 0.3) is 0 Å². The highest BCUT2D eigenvalue weighted by molar-refractivity contribution is 5.80. The van der Waals surface area contributed by atoms with Gasteiger partial charge in [0.2, 0.25) is 0 Å². The van der Waals surface area contributed by atoms with Crippen LogP contribution < -0.4 is 15.4 Å². The normalized spacial score (nSPS) is 20.6. The standard InChI is InChI=1S/C23H39N5O/c1-4-12-27-15-10-20(11-16-27)26-23(24-2)25-18-22(28-13-5-6-14-28)19-8-7-9-21(17-19)29-3/h7-9,17,20,22H,4-6,10-16,18H2,1-3H3,(H2,24,25,26). The lowest BCUT2D eigenvalue weighted by atomic mass is 10.0. The van der Waals surface area contributed by atoms with Crippen molar-refractivity contribution in [3.05, 3.63) is 29.8 Å². The summed E-state index contributed by atoms with van der Waals surface area (Å²) < 4.78 is 5.46. The molecule has 3 rings (SSSR count). The lowest BCUT2D eigenvalue weighted by molar-refractivity contribution is 0.206. The van der Waals surface area contributed by atoms with Crippen LogP contribution in [0.2, 0.25) is 0 Å². The number of methoxy groups -OCH3 is 1. The van der Waals surface area contributed by atoms with E-state index >= 15 is 0 Å². The number of nitrogens with one attached hydrogen (secondary N) is 2. The number of nitrogens with zero attached hydrogens (tertiary/aromatic N) is 3. The predicted molar refractivity (Wildman–Crippen MR) is 121 cm³/mol. The fourth-order valence-corrected chi connectivity index (χ4v) is 4.56. The van der Waals surface area contributed by atoms with Gasteiger partial charge in [-0.25, -0.2) is 0 Å². The van der Waals surface area contributed by atoms with Gasteiger partial charge < -0.3 is 20.3 Å². The maximum absolute atomic E-state index is 5.46. The van der Waals surface area contributed by atoms with Crippen LogP contribution in [0.1, 0.15) is 50.6 Å². The summed E-state index contributed by atoms with van der Waals surface area (Å²) in [6.07, 6.45) is 6.18. The Morgan fingerprint density at radius 3 is 2.62 bits per heavy atom. The van der Waals surface area contributed by atoms with Gasteiger partial charge in [-0.2, -0.15) is 0 Å². The van der Waals surface area contributed by atoms with E-state index in [4.69, 9.17) is 4.74 Å². The number of hydrogen-bond donors (Lipinski definition) is 2. The molecule has 0 amide bonds. The second-order valence-electron chi connectivity index (χ2n) is 8.25. The Morgan fingerprint density at radius 1 is 1.21 bits per heavy atom. The molecular formula is C23H39N5O. The van der Waals surface area contributed by atoms with Crippen molar-refractivity contribution in [1.82, 2.24) is 20.4 Å². The zero-order valence-electron chi connectivity index (χ0n) is 18.5. The van der Waals surface area contributed by atoms with Crippen molar-refractivity contribution in [1.29, 1.82) is 0 Å². The number of hydrogen-bond acceptors (Lipinski definition) is 4. The van der Waals surface area contributed by atoms with Crippen LogP contribution in [-0.2, 0) is 0 Å². The Morgan fingerprint density at radius 2 is 1.97 bits per heavy atom. The molecule has 0 aromatic heterocycles. The summed E-state index contributed by atoms with van der Waals surface area (Å²) in [5.41, 5.74) is 1.31. The first-order chi connectivity index (χ1) is 14.2. The van der Waals surface area contributed by atoms with Crippen molar-refractivity contribution in [2.45, 2.75) is 51.1 Å². The Labute approximate surface area is 176 Å². The van der Waals surface area contributed by atoms with Crippen molar-refractivity contribution >= 4 is 5.96 Å². The number of benzene rings is 1. The lowest BCUT2D eigenvalue weighted by Crippen LogP contribution is -2.50. The number of aliphatic imine (C=N–C) groups is 1. The molecule has 0 spiro atoms. The smallest absolute Gasteiger partial charge is 0.191 e. The van der Waals surface area contributed by atoms with E-state index < -0.39 is 0 Å². The summed E-state index contributed by atoms with van der Waals surface area (Å²) in [6.45, 7) is 9.01. The maximum Gasteiger partial charge on any atom is 0.191 e. The van der Waals surface area contributed by atoms with Gasteiger partial charge in [-0.1, -0.05) is 19.1 Å². The molecule has 162 valence electrons. The SMILES string of the molecule is CCCN1CCC(NC(=NC)NCC(c2cccc(OC)c2)N2CCCC2)CC1. The molecule has 2 N–H and O–H groups in total. The third kappa shape index (κ3) is 6.34. The molecule has 0 saturated carbocycles. The number of piperidine rings is 1.